The number of likely N-dealkylation sites (tertiary alicyclic amines) is 1. The van der Waals surface area contributed by atoms with Crippen LogP contribution in [0.4, 0.5) is 0 Å². The molecule has 2 fully saturated rings. The average Bonchev–Trinajstić information content (AvgIpc) is 2.17. The normalized spacial score (nSPS) is 36.4. The molecule has 2 heteroatoms. The van der Waals surface area contributed by atoms with Gasteiger partial charge in [0.15, 0.2) is 0 Å². The molecule has 3 atom stereocenters. The van der Waals surface area contributed by atoms with E-state index < -0.39 is 0 Å². The van der Waals surface area contributed by atoms with Crippen molar-refractivity contribution in [3.8, 4) is 0 Å². The molecule has 2 nitrogen and oxygen atoms in total. The van der Waals surface area contributed by atoms with Gasteiger partial charge in [0, 0.05) is 19.1 Å². The van der Waals surface area contributed by atoms with Gasteiger partial charge in [0.2, 0.25) is 0 Å². The fourth-order valence-electron chi connectivity index (χ4n) is 3.25. The van der Waals surface area contributed by atoms with Gasteiger partial charge >= 0.3 is 0 Å². The van der Waals surface area contributed by atoms with Crippen LogP contribution in [0, 0.1) is 11.8 Å². The molecule has 0 amide bonds. The molecule has 0 aromatic carbocycles. The fraction of sp³-hybridized carbons (Fsp3) is 1.00. The van der Waals surface area contributed by atoms with Crippen molar-refractivity contribution >= 4 is 0 Å². The molecule has 82 valence electrons. The van der Waals surface area contributed by atoms with Gasteiger partial charge in [-0.1, -0.05) is 19.3 Å². The van der Waals surface area contributed by atoms with E-state index in [9.17, 15) is 0 Å². The highest BCUT2D eigenvalue weighted by molar-refractivity contribution is 4.84. The van der Waals surface area contributed by atoms with E-state index in [0.29, 0.717) is 6.04 Å². The zero-order valence-electron chi connectivity index (χ0n) is 9.41. The first kappa shape index (κ1) is 10.4. The predicted octanol–water partition coefficient (Wildman–Crippen LogP) is 1.85. The maximum atomic E-state index is 5.85. The fourth-order valence-corrected chi connectivity index (χ4v) is 3.25. The van der Waals surface area contributed by atoms with Crippen LogP contribution in [0.3, 0.4) is 0 Å². The molecule has 0 unspecified atom stereocenters. The zero-order chi connectivity index (χ0) is 9.97. The third kappa shape index (κ3) is 2.48. The van der Waals surface area contributed by atoms with E-state index >= 15 is 0 Å². The summed E-state index contributed by atoms with van der Waals surface area (Å²) in [7, 11) is 0. The topological polar surface area (TPSA) is 29.3 Å². The van der Waals surface area contributed by atoms with Crippen LogP contribution in [-0.4, -0.2) is 30.6 Å². The van der Waals surface area contributed by atoms with Crippen LogP contribution in [0.2, 0.25) is 0 Å². The van der Waals surface area contributed by atoms with Crippen molar-refractivity contribution in [2.45, 2.75) is 45.1 Å². The number of rotatable bonds is 2. The Hall–Kier alpha value is -0.0800. The monoisotopic (exact) mass is 196 g/mol. The van der Waals surface area contributed by atoms with Crippen LogP contribution < -0.4 is 5.73 Å². The highest BCUT2D eigenvalue weighted by Gasteiger charge is 2.30. The van der Waals surface area contributed by atoms with Crippen LogP contribution in [0.1, 0.15) is 39.0 Å². The second-order valence-electron chi connectivity index (χ2n) is 5.33. The number of hydrogen-bond acceptors (Lipinski definition) is 2. The summed E-state index contributed by atoms with van der Waals surface area (Å²) >= 11 is 0. The Kier molecular flexibility index (Phi) is 3.45. The zero-order valence-corrected chi connectivity index (χ0v) is 9.41. The van der Waals surface area contributed by atoms with E-state index in [2.05, 4.69) is 11.8 Å². The Morgan fingerprint density at radius 3 is 2.64 bits per heavy atom. The molecule has 2 aliphatic rings. The Morgan fingerprint density at radius 2 is 1.93 bits per heavy atom. The Bertz CT molecular complexity index is 179. The molecule has 1 saturated carbocycles. The molecule has 2 N–H and O–H groups in total. The summed E-state index contributed by atoms with van der Waals surface area (Å²) in [6.07, 6.45) is 7.34. The minimum absolute atomic E-state index is 0.343. The van der Waals surface area contributed by atoms with Gasteiger partial charge in [-0.05, 0) is 38.1 Å². The van der Waals surface area contributed by atoms with Gasteiger partial charge in [-0.3, -0.25) is 0 Å². The first-order valence-corrected chi connectivity index (χ1v) is 6.23. The van der Waals surface area contributed by atoms with Gasteiger partial charge in [0.25, 0.3) is 0 Å². The van der Waals surface area contributed by atoms with Gasteiger partial charge in [0.1, 0.15) is 0 Å². The minimum Gasteiger partial charge on any atom is -0.327 e. The number of nitrogens with zero attached hydrogens (tertiary/aromatic N) is 1. The molecule has 1 saturated heterocycles. The summed E-state index contributed by atoms with van der Waals surface area (Å²) in [5.41, 5.74) is 5.85. The summed E-state index contributed by atoms with van der Waals surface area (Å²) in [6.45, 7) is 5.84. The summed E-state index contributed by atoms with van der Waals surface area (Å²) in [5, 5.41) is 0. The quantitative estimate of drug-likeness (QED) is 0.730. The molecule has 1 aliphatic carbocycles. The van der Waals surface area contributed by atoms with Gasteiger partial charge in [-0.2, -0.15) is 0 Å². The lowest BCUT2D eigenvalue weighted by Crippen LogP contribution is -2.45. The summed E-state index contributed by atoms with van der Waals surface area (Å²) < 4.78 is 0. The molecule has 0 aromatic heterocycles. The van der Waals surface area contributed by atoms with E-state index in [4.69, 9.17) is 5.73 Å². The van der Waals surface area contributed by atoms with Gasteiger partial charge < -0.3 is 10.6 Å². The van der Waals surface area contributed by atoms with Gasteiger partial charge in [-0.25, -0.2) is 0 Å². The standard InChI is InChI=1S/C12H24N2/c1-10(13)8-14-7-6-11-4-2-3-5-12(11)9-14/h10-12H,2-9,13H2,1H3/t10-,11-,12+/m0/s1. The molecule has 0 radical (unpaired) electrons. The Labute approximate surface area is 87.8 Å². The van der Waals surface area contributed by atoms with Crippen molar-refractivity contribution in [3.05, 3.63) is 0 Å². The van der Waals surface area contributed by atoms with Crippen LogP contribution >= 0.6 is 0 Å². The first-order chi connectivity index (χ1) is 6.75. The van der Waals surface area contributed by atoms with E-state index in [1.54, 1.807) is 0 Å². The maximum Gasteiger partial charge on any atom is 0.0139 e. The third-order valence-electron chi connectivity index (χ3n) is 3.92. The highest BCUT2D eigenvalue weighted by Crippen LogP contribution is 2.35. The van der Waals surface area contributed by atoms with Crippen LogP contribution in [0.15, 0.2) is 0 Å². The molecule has 2 rings (SSSR count). The summed E-state index contributed by atoms with van der Waals surface area (Å²) in [6, 6.07) is 0.343. The average molecular weight is 196 g/mol. The van der Waals surface area contributed by atoms with Crippen LogP contribution in [0.25, 0.3) is 0 Å². The third-order valence-corrected chi connectivity index (χ3v) is 3.92. The van der Waals surface area contributed by atoms with Crippen molar-refractivity contribution in [3.63, 3.8) is 0 Å². The summed E-state index contributed by atoms with van der Waals surface area (Å²) in [5.74, 6) is 2.05. The predicted molar refractivity (Wildman–Crippen MR) is 60.2 cm³/mol. The molecule has 1 aliphatic heterocycles. The number of piperidine rings is 1. The molecular formula is C12H24N2. The molecule has 0 aromatic rings. The molecule has 0 spiro atoms. The maximum absolute atomic E-state index is 5.85. The first-order valence-electron chi connectivity index (χ1n) is 6.23. The smallest absolute Gasteiger partial charge is 0.0139 e. The van der Waals surface area contributed by atoms with Gasteiger partial charge in [0.05, 0.1) is 0 Å². The SMILES string of the molecule is C[C@H](N)CN1CC[C@@H]2CCCC[C@@H]2C1. The minimum atomic E-state index is 0.343. The van der Waals surface area contributed by atoms with Crippen LogP contribution in [-0.2, 0) is 0 Å². The molecular weight excluding hydrogens is 172 g/mol. The lowest BCUT2D eigenvalue weighted by molar-refractivity contribution is 0.0840. The van der Waals surface area contributed by atoms with E-state index in [1.807, 2.05) is 0 Å². The molecule has 0 bridgehead atoms. The second-order valence-corrected chi connectivity index (χ2v) is 5.33. The summed E-state index contributed by atoms with van der Waals surface area (Å²) in [4.78, 5) is 2.58. The van der Waals surface area contributed by atoms with Crippen molar-refractivity contribution in [2.75, 3.05) is 19.6 Å². The number of nitrogens with two attached hydrogens (primary N) is 1. The van der Waals surface area contributed by atoms with Crippen molar-refractivity contribution < 1.29 is 0 Å². The Morgan fingerprint density at radius 1 is 1.21 bits per heavy atom. The number of hydrogen-bond donors (Lipinski definition) is 1. The number of fused-ring (bicyclic) bond motifs is 1. The van der Waals surface area contributed by atoms with Crippen molar-refractivity contribution in [1.82, 2.24) is 4.90 Å². The molecule has 1 heterocycles. The van der Waals surface area contributed by atoms with Crippen LogP contribution in [0.5, 0.6) is 0 Å². The largest absolute Gasteiger partial charge is 0.327 e. The highest BCUT2D eigenvalue weighted by atomic mass is 15.1. The van der Waals surface area contributed by atoms with Crippen molar-refractivity contribution in [2.24, 2.45) is 17.6 Å². The van der Waals surface area contributed by atoms with Crippen molar-refractivity contribution in [1.29, 1.82) is 0 Å². The second kappa shape index (κ2) is 4.63. The molecule has 14 heavy (non-hydrogen) atoms. The van der Waals surface area contributed by atoms with E-state index in [-0.39, 0.29) is 0 Å². The lowest BCUT2D eigenvalue weighted by atomic mass is 9.75. The van der Waals surface area contributed by atoms with E-state index in [1.165, 1.54) is 45.2 Å². The van der Waals surface area contributed by atoms with E-state index in [0.717, 1.165) is 18.4 Å². The lowest BCUT2D eigenvalue weighted by Gasteiger charge is -2.41. The van der Waals surface area contributed by atoms with Gasteiger partial charge in [-0.15, -0.1) is 0 Å². The Balaban J connectivity index is 1.83.